The Morgan fingerprint density at radius 1 is 1.19 bits per heavy atom. The maximum atomic E-state index is 14.2. The number of aromatic nitrogens is 1. The molecule has 0 radical (unpaired) electrons. The zero-order valence-electron chi connectivity index (χ0n) is 17.6. The number of rotatable bonds is 8. The van der Waals surface area contributed by atoms with Crippen LogP contribution in [0.25, 0.3) is 10.9 Å². The van der Waals surface area contributed by atoms with Gasteiger partial charge in [0.15, 0.2) is 11.6 Å². The molecule has 0 bridgehead atoms. The van der Waals surface area contributed by atoms with E-state index in [4.69, 9.17) is 10.5 Å². The molecular formula is C24H27F2N3O2. The molecule has 2 N–H and O–H groups in total. The number of nitrogens with two attached hydrogens (primary N) is 1. The van der Waals surface area contributed by atoms with Gasteiger partial charge in [-0.2, -0.15) is 0 Å². The van der Waals surface area contributed by atoms with E-state index in [1.807, 2.05) is 22.9 Å². The molecule has 164 valence electrons. The Hall–Kier alpha value is -2.93. The van der Waals surface area contributed by atoms with E-state index in [9.17, 15) is 13.6 Å². The number of primary amides is 1. The number of hydrogen-bond donors (Lipinski definition) is 1. The molecule has 1 aromatic heterocycles. The average Bonchev–Trinajstić information content (AvgIpc) is 3.18. The summed E-state index contributed by atoms with van der Waals surface area (Å²) >= 11 is 0. The van der Waals surface area contributed by atoms with Gasteiger partial charge in [0.05, 0.1) is 5.52 Å². The number of aryl methyl sites for hydroxylation is 1. The van der Waals surface area contributed by atoms with Gasteiger partial charge >= 0.3 is 0 Å². The first-order chi connectivity index (χ1) is 15.0. The van der Waals surface area contributed by atoms with Crippen LogP contribution < -0.4 is 10.5 Å². The molecule has 1 unspecified atom stereocenters. The van der Waals surface area contributed by atoms with Gasteiger partial charge < -0.3 is 15.0 Å². The fourth-order valence-corrected chi connectivity index (χ4v) is 4.49. The Labute approximate surface area is 180 Å². The molecule has 1 aliphatic heterocycles. The highest BCUT2D eigenvalue weighted by molar-refractivity contribution is 5.95. The summed E-state index contributed by atoms with van der Waals surface area (Å²) in [7, 11) is 0. The molecule has 1 atom stereocenters. The van der Waals surface area contributed by atoms with E-state index in [1.165, 1.54) is 18.2 Å². The highest BCUT2D eigenvalue weighted by Gasteiger charge is 2.29. The van der Waals surface area contributed by atoms with Gasteiger partial charge in [-0.05, 0) is 56.6 Å². The van der Waals surface area contributed by atoms with E-state index in [0.717, 1.165) is 37.9 Å². The summed E-state index contributed by atoms with van der Waals surface area (Å²) in [6.45, 7) is 4.83. The molecule has 0 saturated heterocycles. The van der Waals surface area contributed by atoms with Gasteiger partial charge in [0.1, 0.15) is 12.4 Å². The molecule has 1 amide bonds. The Bertz CT molecular complexity index is 1100. The fraction of sp³-hybridized carbons (Fsp3) is 0.375. The first-order valence-electron chi connectivity index (χ1n) is 10.7. The smallest absolute Gasteiger partial charge is 0.249 e. The Morgan fingerprint density at radius 3 is 2.81 bits per heavy atom. The van der Waals surface area contributed by atoms with Crippen molar-refractivity contribution in [2.45, 2.75) is 38.8 Å². The molecule has 4 rings (SSSR count). The molecule has 3 aromatic rings. The normalized spacial score (nSPS) is 15.8. The lowest BCUT2D eigenvalue weighted by Crippen LogP contribution is -2.44. The molecule has 5 nitrogen and oxygen atoms in total. The van der Waals surface area contributed by atoms with Crippen molar-refractivity contribution in [3.8, 4) is 5.75 Å². The number of nitrogens with zero attached hydrogens (tertiary/aromatic N) is 2. The first kappa shape index (κ1) is 21.3. The van der Waals surface area contributed by atoms with E-state index in [2.05, 4.69) is 11.8 Å². The molecule has 0 saturated carbocycles. The van der Waals surface area contributed by atoms with Crippen LogP contribution in [0.5, 0.6) is 5.75 Å². The van der Waals surface area contributed by atoms with Crippen LogP contribution in [0, 0.1) is 11.6 Å². The first-order valence-corrected chi connectivity index (χ1v) is 10.7. The summed E-state index contributed by atoms with van der Waals surface area (Å²) in [4.78, 5) is 14.1. The number of likely N-dealkylation sites (N-methyl/N-ethyl adjacent to an activating group) is 1. The zero-order valence-corrected chi connectivity index (χ0v) is 17.6. The van der Waals surface area contributed by atoms with Gasteiger partial charge in [-0.15, -0.1) is 0 Å². The maximum absolute atomic E-state index is 14.2. The number of carbonyl (C=O) groups is 1. The largest absolute Gasteiger partial charge is 0.489 e. The van der Waals surface area contributed by atoms with Crippen LogP contribution in [0.2, 0.25) is 0 Å². The summed E-state index contributed by atoms with van der Waals surface area (Å²) < 4.78 is 35.9. The highest BCUT2D eigenvalue weighted by Crippen LogP contribution is 2.32. The van der Waals surface area contributed by atoms with Crippen LogP contribution >= 0.6 is 0 Å². The molecule has 31 heavy (non-hydrogen) atoms. The second-order valence-electron chi connectivity index (χ2n) is 7.96. The van der Waals surface area contributed by atoms with Crippen molar-refractivity contribution in [2.24, 2.45) is 5.73 Å². The van der Waals surface area contributed by atoms with Gasteiger partial charge in [0.2, 0.25) is 5.91 Å². The predicted octanol–water partition coefficient (Wildman–Crippen LogP) is 4.12. The van der Waals surface area contributed by atoms with E-state index in [1.54, 1.807) is 6.07 Å². The third-order valence-electron chi connectivity index (χ3n) is 6.09. The van der Waals surface area contributed by atoms with Crippen molar-refractivity contribution >= 4 is 16.8 Å². The SMILES string of the molecule is CCN(CCCCn1ccc2cccc(F)c21)C1COc2c(F)ccc(C(N)=O)c2C1. The standard InChI is InChI=1S/C24H27F2N3O2/c1-2-28(11-3-4-12-29-13-10-16-6-5-7-20(25)22(16)29)17-14-19-18(24(27)30)8-9-21(26)23(19)31-15-17/h5-10,13,17H,2-4,11-12,14-15H2,1H3,(H2,27,30). The Balaban J connectivity index is 1.38. The third-order valence-corrected chi connectivity index (χ3v) is 6.09. The summed E-state index contributed by atoms with van der Waals surface area (Å²) in [5, 5.41) is 0.908. The van der Waals surface area contributed by atoms with E-state index in [0.29, 0.717) is 29.7 Å². The lowest BCUT2D eigenvalue weighted by molar-refractivity contribution is 0.0987. The van der Waals surface area contributed by atoms with Crippen molar-refractivity contribution < 1.29 is 18.3 Å². The minimum Gasteiger partial charge on any atom is -0.489 e. The van der Waals surface area contributed by atoms with Crippen LogP contribution in [0.3, 0.4) is 0 Å². The lowest BCUT2D eigenvalue weighted by atomic mass is 9.95. The van der Waals surface area contributed by atoms with Gasteiger partial charge in [-0.25, -0.2) is 8.78 Å². The number of halogens is 2. The molecule has 0 aliphatic carbocycles. The Kier molecular flexibility index (Phi) is 6.23. The van der Waals surface area contributed by atoms with E-state index < -0.39 is 11.7 Å². The summed E-state index contributed by atoms with van der Waals surface area (Å²) in [5.41, 5.74) is 6.99. The molecular weight excluding hydrogens is 400 g/mol. The zero-order chi connectivity index (χ0) is 22.0. The number of benzene rings is 2. The fourth-order valence-electron chi connectivity index (χ4n) is 4.49. The van der Waals surface area contributed by atoms with Gasteiger partial charge in [-0.1, -0.05) is 19.1 Å². The van der Waals surface area contributed by atoms with Gasteiger partial charge in [0.25, 0.3) is 0 Å². The molecule has 7 heteroatoms. The molecule has 1 aliphatic rings. The number of fused-ring (bicyclic) bond motifs is 2. The quantitative estimate of drug-likeness (QED) is 0.550. The monoisotopic (exact) mass is 427 g/mol. The molecule has 0 spiro atoms. The molecule has 2 heterocycles. The maximum Gasteiger partial charge on any atom is 0.249 e. The number of ether oxygens (including phenoxy) is 1. The van der Waals surface area contributed by atoms with Crippen LogP contribution in [0.15, 0.2) is 42.6 Å². The van der Waals surface area contributed by atoms with Crippen molar-refractivity contribution in [2.75, 3.05) is 19.7 Å². The summed E-state index contributed by atoms with van der Waals surface area (Å²) in [5.74, 6) is -1.10. The molecule has 2 aromatic carbocycles. The predicted molar refractivity (Wildman–Crippen MR) is 116 cm³/mol. The second-order valence-corrected chi connectivity index (χ2v) is 7.96. The number of hydrogen-bond acceptors (Lipinski definition) is 3. The van der Waals surface area contributed by atoms with Crippen LogP contribution in [0.4, 0.5) is 8.78 Å². The lowest BCUT2D eigenvalue weighted by Gasteiger charge is -2.35. The highest BCUT2D eigenvalue weighted by atomic mass is 19.1. The van der Waals surface area contributed by atoms with E-state index >= 15 is 0 Å². The number of para-hydroxylation sites is 1. The summed E-state index contributed by atoms with van der Waals surface area (Å²) in [6.07, 6.45) is 4.28. The second kappa shape index (κ2) is 9.06. The molecule has 0 fully saturated rings. The van der Waals surface area contributed by atoms with Crippen molar-refractivity contribution in [1.29, 1.82) is 0 Å². The Morgan fingerprint density at radius 2 is 2.03 bits per heavy atom. The van der Waals surface area contributed by atoms with Crippen LogP contribution in [0.1, 0.15) is 35.7 Å². The number of unbranched alkanes of at least 4 members (excludes halogenated alkanes) is 1. The van der Waals surface area contributed by atoms with Crippen LogP contribution in [-0.2, 0) is 13.0 Å². The third kappa shape index (κ3) is 4.28. The number of amides is 1. The van der Waals surface area contributed by atoms with Gasteiger partial charge in [-0.3, -0.25) is 9.69 Å². The van der Waals surface area contributed by atoms with Gasteiger partial charge in [0, 0.05) is 35.3 Å². The minimum atomic E-state index is -0.574. The average molecular weight is 427 g/mol. The van der Waals surface area contributed by atoms with Crippen molar-refractivity contribution in [1.82, 2.24) is 9.47 Å². The van der Waals surface area contributed by atoms with Crippen molar-refractivity contribution in [3.05, 3.63) is 65.4 Å². The van der Waals surface area contributed by atoms with Crippen LogP contribution in [-0.4, -0.2) is 41.1 Å². The van der Waals surface area contributed by atoms with Crippen molar-refractivity contribution in [3.63, 3.8) is 0 Å². The summed E-state index contributed by atoms with van der Waals surface area (Å²) in [6, 6.07) is 9.76. The minimum absolute atomic E-state index is 0.0438. The topological polar surface area (TPSA) is 60.5 Å². The number of carbonyl (C=O) groups excluding carboxylic acids is 1. The van der Waals surface area contributed by atoms with E-state index in [-0.39, 0.29) is 17.6 Å².